The van der Waals surface area contributed by atoms with Gasteiger partial charge >= 0.3 is 0 Å². The van der Waals surface area contributed by atoms with Gasteiger partial charge in [-0.2, -0.15) is 0 Å². The predicted octanol–water partition coefficient (Wildman–Crippen LogP) is 2.41. The zero-order valence-electron chi connectivity index (χ0n) is 9.08. The second kappa shape index (κ2) is 5.75. The lowest BCUT2D eigenvalue weighted by molar-refractivity contribution is 0.626. The summed E-state index contributed by atoms with van der Waals surface area (Å²) in [5.74, 6) is 0.456. The molecule has 3 nitrogen and oxygen atoms in total. The van der Waals surface area contributed by atoms with E-state index in [0.717, 1.165) is 10.6 Å². The van der Waals surface area contributed by atoms with E-state index in [1.807, 2.05) is 0 Å². The van der Waals surface area contributed by atoms with Gasteiger partial charge in [0.1, 0.15) is 5.82 Å². The van der Waals surface area contributed by atoms with Crippen LogP contribution in [0.25, 0.3) is 0 Å². The van der Waals surface area contributed by atoms with Gasteiger partial charge in [0.2, 0.25) is 0 Å². The maximum Gasteiger partial charge on any atom is 0.123 e. The van der Waals surface area contributed by atoms with E-state index < -0.39 is 0 Å². The third kappa shape index (κ3) is 3.51. The summed E-state index contributed by atoms with van der Waals surface area (Å²) < 4.78 is 12.7. The summed E-state index contributed by atoms with van der Waals surface area (Å²) in [6.07, 6.45) is 4.90. The first kappa shape index (κ1) is 12.0. The van der Waals surface area contributed by atoms with Crippen molar-refractivity contribution in [3.05, 3.63) is 54.4 Å². The molecule has 88 valence electrons. The largest absolute Gasteiger partial charge is 0.322 e. The van der Waals surface area contributed by atoms with Crippen molar-refractivity contribution in [1.29, 1.82) is 0 Å². The van der Waals surface area contributed by atoms with Crippen molar-refractivity contribution in [2.75, 3.05) is 5.75 Å². The van der Waals surface area contributed by atoms with Crippen LogP contribution in [0.5, 0.6) is 0 Å². The Labute approximate surface area is 103 Å². The highest BCUT2D eigenvalue weighted by Gasteiger charge is 2.07. The van der Waals surface area contributed by atoms with Crippen LogP contribution in [0.15, 0.2) is 47.8 Å². The SMILES string of the molecule is NC(CSc1ccc(F)cc1)c1cnccn1. The monoisotopic (exact) mass is 249 g/mol. The molecule has 0 aliphatic rings. The molecule has 1 unspecified atom stereocenters. The van der Waals surface area contributed by atoms with Crippen molar-refractivity contribution in [2.24, 2.45) is 5.73 Å². The van der Waals surface area contributed by atoms with Crippen LogP contribution < -0.4 is 5.73 Å². The molecule has 0 saturated heterocycles. The fraction of sp³-hybridized carbons (Fsp3) is 0.167. The van der Waals surface area contributed by atoms with Crippen molar-refractivity contribution in [3.8, 4) is 0 Å². The van der Waals surface area contributed by atoms with Crippen LogP contribution in [0.1, 0.15) is 11.7 Å². The summed E-state index contributed by atoms with van der Waals surface area (Å²) in [5.41, 5.74) is 6.74. The maximum atomic E-state index is 12.7. The standard InChI is InChI=1S/C12H12FN3S/c13-9-1-3-10(4-2-9)17-8-11(14)12-7-15-5-6-16-12/h1-7,11H,8,14H2. The molecule has 2 rings (SSSR count). The second-order valence-electron chi connectivity index (χ2n) is 3.50. The number of nitrogens with two attached hydrogens (primary N) is 1. The Hall–Kier alpha value is -1.46. The highest BCUT2D eigenvalue weighted by atomic mass is 32.2. The minimum absolute atomic E-state index is 0.168. The Kier molecular flexibility index (Phi) is 4.06. The van der Waals surface area contributed by atoms with Gasteiger partial charge < -0.3 is 5.73 Å². The molecule has 2 aromatic rings. The van der Waals surface area contributed by atoms with E-state index in [0.29, 0.717) is 5.75 Å². The lowest BCUT2D eigenvalue weighted by atomic mass is 10.3. The van der Waals surface area contributed by atoms with Crippen molar-refractivity contribution in [3.63, 3.8) is 0 Å². The van der Waals surface area contributed by atoms with E-state index >= 15 is 0 Å². The average molecular weight is 249 g/mol. The van der Waals surface area contributed by atoms with Crippen LogP contribution in [-0.2, 0) is 0 Å². The number of hydrogen-bond donors (Lipinski definition) is 1. The molecule has 0 fully saturated rings. The Balaban J connectivity index is 1.92. The molecule has 0 saturated carbocycles. The Morgan fingerprint density at radius 1 is 1.24 bits per heavy atom. The molecule has 0 aliphatic carbocycles. The van der Waals surface area contributed by atoms with E-state index in [2.05, 4.69) is 9.97 Å². The molecule has 1 atom stereocenters. The van der Waals surface area contributed by atoms with Crippen molar-refractivity contribution >= 4 is 11.8 Å². The molecular weight excluding hydrogens is 237 g/mol. The summed E-state index contributed by atoms with van der Waals surface area (Å²) in [6, 6.07) is 6.19. The molecule has 5 heteroatoms. The number of benzene rings is 1. The molecule has 0 bridgehead atoms. The predicted molar refractivity (Wildman–Crippen MR) is 66.1 cm³/mol. The number of thioether (sulfide) groups is 1. The number of rotatable bonds is 4. The first-order valence-electron chi connectivity index (χ1n) is 5.15. The lowest BCUT2D eigenvalue weighted by Gasteiger charge is -2.09. The fourth-order valence-electron chi connectivity index (χ4n) is 1.30. The highest BCUT2D eigenvalue weighted by Crippen LogP contribution is 2.22. The topological polar surface area (TPSA) is 51.8 Å². The second-order valence-corrected chi connectivity index (χ2v) is 4.60. The van der Waals surface area contributed by atoms with E-state index in [9.17, 15) is 4.39 Å². The van der Waals surface area contributed by atoms with Gasteiger partial charge in [-0.3, -0.25) is 9.97 Å². The summed E-state index contributed by atoms with van der Waals surface area (Å²) in [6.45, 7) is 0. The van der Waals surface area contributed by atoms with Crippen LogP contribution in [0.2, 0.25) is 0 Å². The quantitative estimate of drug-likeness (QED) is 0.845. The van der Waals surface area contributed by atoms with Crippen LogP contribution in [0.3, 0.4) is 0 Å². The maximum absolute atomic E-state index is 12.7. The molecule has 1 aromatic heterocycles. The van der Waals surface area contributed by atoms with Gasteiger partial charge in [0.25, 0.3) is 0 Å². The summed E-state index contributed by atoms with van der Waals surface area (Å²) in [4.78, 5) is 9.11. The minimum atomic E-state index is -0.229. The lowest BCUT2D eigenvalue weighted by Crippen LogP contribution is -2.14. The Morgan fingerprint density at radius 3 is 2.65 bits per heavy atom. The summed E-state index contributed by atoms with van der Waals surface area (Å²) >= 11 is 1.57. The van der Waals surface area contributed by atoms with Crippen molar-refractivity contribution in [2.45, 2.75) is 10.9 Å². The minimum Gasteiger partial charge on any atom is -0.322 e. The van der Waals surface area contributed by atoms with Gasteiger partial charge in [-0.1, -0.05) is 0 Å². The van der Waals surface area contributed by atoms with Gasteiger partial charge in [-0.05, 0) is 24.3 Å². The molecule has 1 aromatic carbocycles. The first-order valence-corrected chi connectivity index (χ1v) is 6.14. The molecular formula is C12H12FN3S. The number of nitrogens with zero attached hydrogens (tertiary/aromatic N) is 2. The Bertz CT molecular complexity index is 461. The summed E-state index contributed by atoms with van der Waals surface area (Å²) in [7, 11) is 0. The normalized spacial score (nSPS) is 12.4. The van der Waals surface area contributed by atoms with E-state index in [4.69, 9.17) is 5.73 Å². The summed E-state index contributed by atoms with van der Waals surface area (Å²) in [5, 5.41) is 0. The zero-order chi connectivity index (χ0) is 12.1. The molecule has 0 spiro atoms. The smallest absolute Gasteiger partial charge is 0.123 e. The molecule has 2 N–H and O–H groups in total. The van der Waals surface area contributed by atoms with Crippen molar-refractivity contribution in [1.82, 2.24) is 9.97 Å². The molecule has 0 amide bonds. The first-order chi connectivity index (χ1) is 8.25. The third-order valence-corrected chi connectivity index (χ3v) is 3.34. The third-order valence-electron chi connectivity index (χ3n) is 2.21. The fourth-order valence-corrected chi connectivity index (χ4v) is 2.18. The molecule has 1 heterocycles. The highest BCUT2D eigenvalue weighted by molar-refractivity contribution is 7.99. The molecule has 17 heavy (non-hydrogen) atoms. The molecule has 0 aliphatic heterocycles. The van der Waals surface area contributed by atoms with Crippen LogP contribution in [-0.4, -0.2) is 15.7 Å². The van der Waals surface area contributed by atoms with Gasteiger partial charge in [0.15, 0.2) is 0 Å². The number of halogens is 1. The van der Waals surface area contributed by atoms with E-state index in [-0.39, 0.29) is 11.9 Å². The van der Waals surface area contributed by atoms with Gasteiger partial charge in [0.05, 0.1) is 11.7 Å². The van der Waals surface area contributed by atoms with E-state index in [1.54, 1.807) is 42.5 Å². The zero-order valence-corrected chi connectivity index (χ0v) is 9.90. The van der Waals surface area contributed by atoms with Crippen LogP contribution in [0, 0.1) is 5.82 Å². The van der Waals surface area contributed by atoms with Gasteiger partial charge in [-0.15, -0.1) is 11.8 Å². The Morgan fingerprint density at radius 2 is 2.00 bits per heavy atom. The van der Waals surface area contributed by atoms with Crippen molar-refractivity contribution < 1.29 is 4.39 Å². The number of hydrogen-bond acceptors (Lipinski definition) is 4. The van der Waals surface area contributed by atoms with Crippen LogP contribution in [0.4, 0.5) is 4.39 Å². The number of aromatic nitrogens is 2. The molecule has 0 radical (unpaired) electrons. The van der Waals surface area contributed by atoms with Gasteiger partial charge in [-0.25, -0.2) is 4.39 Å². The van der Waals surface area contributed by atoms with E-state index in [1.165, 1.54) is 12.1 Å². The van der Waals surface area contributed by atoms with Gasteiger partial charge in [0, 0.05) is 29.2 Å². The average Bonchev–Trinajstić information content (AvgIpc) is 2.39. The van der Waals surface area contributed by atoms with Crippen LogP contribution >= 0.6 is 11.8 Å².